The fourth-order valence-corrected chi connectivity index (χ4v) is 3.76. The lowest BCUT2D eigenvalue weighted by molar-refractivity contribution is -0.0953. The van der Waals surface area contributed by atoms with Gasteiger partial charge in [0.1, 0.15) is 0 Å². The fraction of sp³-hybridized carbons (Fsp3) is 0.640. The van der Waals surface area contributed by atoms with Crippen molar-refractivity contribution in [3.8, 4) is 0 Å². The highest BCUT2D eigenvalue weighted by Crippen LogP contribution is 2.35. The van der Waals surface area contributed by atoms with Gasteiger partial charge in [0.15, 0.2) is 0 Å². The molecule has 0 aromatic carbocycles. The van der Waals surface area contributed by atoms with Gasteiger partial charge in [-0.2, -0.15) is 26.3 Å². The van der Waals surface area contributed by atoms with Gasteiger partial charge in [0.05, 0.1) is 11.3 Å². The first-order chi connectivity index (χ1) is 15.1. The number of nitrogens with zero attached hydrogens (tertiary/aromatic N) is 2. The molecule has 0 N–H and O–H groups in total. The molecule has 0 fully saturated rings. The van der Waals surface area contributed by atoms with Gasteiger partial charge in [-0.25, -0.2) is 0 Å². The number of rotatable bonds is 4. The van der Waals surface area contributed by atoms with Crippen LogP contribution in [0.25, 0.3) is 0 Å². The minimum absolute atomic E-state index is 0.0104. The largest absolute Gasteiger partial charge is 0.414 e. The van der Waals surface area contributed by atoms with Gasteiger partial charge < -0.3 is 9.80 Å². The number of hydrogen-bond donors (Lipinski definition) is 0. The van der Waals surface area contributed by atoms with Crippen molar-refractivity contribution in [2.24, 2.45) is 5.92 Å². The van der Waals surface area contributed by atoms with Crippen molar-refractivity contribution in [3.63, 3.8) is 0 Å². The highest BCUT2D eigenvalue weighted by molar-refractivity contribution is 5.23. The quantitative estimate of drug-likeness (QED) is 0.295. The highest BCUT2D eigenvalue weighted by Gasteiger charge is 2.35. The second-order valence-electron chi connectivity index (χ2n) is 8.76. The number of alkyl halides is 6. The van der Waals surface area contributed by atoms with Crippen molar-refractivity contribution >= 4 is 0 Å². The SMILES string of the molecule is CC(C)C1=C=CCC(C(F)(F)F)=CN1C(C)C.CCC1=C(C)CCC(C(F)(F)F)=CN1CC. The van der Waals surface area contributed by atoms with Gasteiger partial charge in [0.25, 0.3) is 0 Å². The molecule has 8 heteroatoms. The zero-order valence-electron chi connectivity index (χ0n) is 20.6. The number of halogens is 6. The third-order valence-corrected chi connectivity index (χ3v) is 5.57. The van der Waals surface area contributed by atoms with Gasteiger partial charge in [-0.15, -0.1) is 5.73 Å². The number of allylic oxidation sites excluding steroid dienone is 5. The Balaban J connectivity index is 0.000000331. The van der Waals surface area contributed by atoms with Crippen LogP contribution >= 0.6 is 0 Å². The summed E-state index contributed by atoms with van der Waals surface area (Å²) in [5.74, 6) is 0.150. The van der Waals surface area contributed by atoms with E-state index in [-0.39, 0.29) is 24.8 Å². The summed E-state index contributed by atoms with van der Waals surface area (Å²) in [6, 6.07) is -0.0104. The van der Waals surface area contributed by atoms with E-state index < -0.39 is 23.5 Å². The van der Waals surface area contributed by atoms with E-state index in [0.29, 0.717) is 13.0 Å². The maximum atomic E-state index is 12.7. The molecule has 0 saturated heterocycles. The van der Waals surface area contributed by atoms with Crippen LogP contribution in [-0.4, -0.2) is 34.7 Å². The van der Waals surface area contributed by atoms with Crippen LogP contribution in [-0.2, 0) is 0 Å². The van der Waals surface area contributed by atoms with Gasteiger partial charge in [-0.1, -0.05) is 26.3 Å². The summed E-state index contributed by atoms with van der Waals surface area (Å²) in [4.78, 5) is 3.39. The van der Waals surface area contributed by atoms with Crippen molar-refractivity contribution in [2.75, 3.05) is 6.54 Å². The lowest BCUT2D eigenvalue weighted by Crippen LogP contribution is -2.28. The molecule has 0 bridgehead atoms. The van der Waals surface area contributed by atoms with Crippen molar-refractivity contribution in [2.45, 2.75) is 92.5 Å². The summed E-state index contributed by atoms with van der Waals surface area (Å²) in [6.07, 6.45) is -3.23. The van der Waals surface area contributed by atoms with Crippen LogP contribution in [0.15, 0.2) is 52.3 Å². The smallest absolute Gasteiger partial charge is 0.351 e. The third kappa shape index (κ3) is 8.33. The predicted octanol–water partition coefficient (Wildman–Crippen LogP) is 8.47. The Labute approximate surface area is 194 Å². The van der Waals surface area contributed by atoms with Crippen LogP contribution in [0.5, 0.6) is 0 Å². The molecule has 2 heterocycles. The monoisotopic (exact) mass is 478 g/mol. The molecule has 0 aromatic rings. The first kappa shape index (κ1) is 29.0. The molecule has 33 heavy (non-hydrogen) atoms. The Morgan fingerprint density at radius 2 is 1.48 bits per heavy atom. The summed E-state index contributed by atoms with van der Waals surface area (Å²) in [7, 11) is 0. The maximum Gasteiger partial charge on any atom is 0.414 e. The zero-order valence-corrected chi connectivity index (χ0v) is 20.6. The Hall–Kier alpha value is -2.08. The molecule has 0 unspecified atom stereocenters. The Morgan fingerprint density at radius 3 is 1.91 bits per heavy atom. The Morgan fingerprint density at radius 1 is 0.909 bits per heavy atom. The molecule has 188 valence electrons. The van der Waals surface area contributed by atoms with Crippen LogP contribution in [0.3, 0.4) is 0 Å². The van der Waals surface area contributed by atoms with Crippen LogP contribution in [0, 0.1) is 5.92 Å². The fourth-order valence-electron chi connectivity index (χ4n) is 3.76. The molecule has 0 atom stereocenters. The standard InChI is InChI=1S/C13H18F3N.C12H18F3N/c1-9(2)12-7-5-6-11(13(14,15)16)8-17(12)10(3)4;1-4-11-9(3)6-7-10(12(13,14)15)8-16(11)5-2/h5,8-10H,6H2,1-4H3;8H,4-7H2,1-3H3. The van der Waals surface area contributed by atoms with E-state index in [0.717, 1.165) is 23.4 Å². The van der Waals surface area contributed by atoms with E-state index in [9.17, 15) is 26.3 Å². The van der Waals surface area contributed by atoms with E-state index in [1.807, 2.05) is 48.5 Å². The molecule has 0 radical (unpaired) electrons. The Kier molecular flexibility index (Phi) is 10.4. The summed E-state index contributed by atoms with van der Waals surface area (Å²) in [6.45, 7) is 14.0. The maximum absolute atomic E-state index is 12.7. The highest BCUT2D eigenvalue weighted by atomic mass is 19.4. The van der Waals surface area contributed by atoms with Gasteiger partial charge in [-0.05, 0) is 53.0 Å². The minimum atomic E-state index is -4.27. The Bertz CT molecular complexity index is 819. The zero-order chi connectivity index (χ0) is 25.6. The van der Waals surface area contributed by atoms with E-state index in [1.165, 1.54) is 18.5 Å². The summed E-state index contributed by atoms with van der Waals surface area (Å²) >= 11 is 0. The van der Waals surface area contributed by atoms with E-state index >= 15 is 0 Å². The van der Waals surface area contributed by atoms with Crippen molar-refractivity contribution in [3.05, 3.63) is 52.3 Å². The predicted molar refractivity (Wildman–Crippen MR) is 121 cm³/mol. The summed E-state index contributed by atoms with van der Waals surface area (Å²) < 4.78 is 76.2. The molecule has 0 amide bonds. The van der Waals surface area contributed by atoms with Crippen molar-refractivity contribution in [1.29, 1.82) is 0 Å². The molecule has 0 aliphatic carbocycles. The average Bonchev–Trinajstić information content (AvgIpc) is 3.01. The normalized spacial score (nSPS) is 18.0. The molecule has 2 rings (SSSR count). The third-order valence-electron chi connectivity index (χ3n) is 5.57. The van der Waals surface area contributed by atoms with Crippen LogP contribution in [0.2, 0.25) is 0 Å². The first-order valence-electron chi connectivity index (χ1n) is 11.4. The topological polar surface area (TPSA) is 6.48 Å². The second kappa shape index (κ2) is 11.9. The van der Waals surface area contributed by atoms with Gasteiger partial charge in [-0.3, -0.25) is 0 Å². The summed E-state index contributed by atoms with van der Waals surface area (Å²) in [5, 5.41) is 0. The van der Waals surface area contributed by atoms with Gasteiger partial charge in [0.2, 0.25) is 0 Å². The van der Waals surface area contributed by atoms with Crippen LogP contribution in [0.1, 0.15) is 74.1 Å². The molecule has 0 saturated carbocycles. The van der Waals surface area contributed by atoms with Crippen molar-refractivity contribution < 1.29 is 26.3 Å². The van der Waals surface area contributed by atoms with Gasteiger partial charge in [0, 0.05) is 48.6 Å². The van der Waals surface area contributed by atoms with E-state index in [4.69, 9.17) is 0 Å². The van der Waals surface area contributed by atoms with Crippen LogP contribution in [0.4, 0.5) is 26.3 Å². The lowest BCUT2D eigenvalue weighted by atomic mass is 10.1. The number of hydrogen-bond acceptors (Lipinski definition) is 2. The molecule has 0 aromatic heterocycles. The first-order valence-corrected chi connectivity index (χ1v) is 11.4. The molecule has 2 nitrogen and oxygen atoms in total. The van der Waals surface area contributed by atoms with E-state index in [1.54, 1.807) is 9.80 Å². The molecular weight excluding hydrogens is 442 g/mol. The van der Waals surface area contributed by atoms with Gasteiger partial charge >= 0.3 is 12.4 Å². The molecule has 2 aliphatic heterocycles. The molecule has 0 spiro atoms. The summed E-state index contributed by atoms with van der Waals surface area (Å²) in [5.41, 5.74) is 4.95. The molecule has 2 aliphatic rings. The van der Waals surface area contributed by atoms with Crippen molar-refractivity contribution in [1.82, 2.24) is 9.80 Å². The van der Waals surface area contributed by atoms with E-state index in [2.05, 4.69) is 5.73 Å². The molecular formula is C25H36F6N2. The second-order valence-corrected chi connectivity index (χ2v) is 8.76. The average molecular weight is 479 g/mol. The minimum Gasteiger partial charge on any atom is -0.351 e. The lowest BCUT2D eigenvalue weighted by Gasteiger charge is -2.29. The van der Waals surface area contributed by atoms with Crippen LogP contribution < -0.4 is 0 Å².